The lowest BCUT2D eigenvalue weighted by Gasteiger charge is -2.12. The Labute approximate surface area is 186 Å². The monoisotopic (exact) mass is 430 g/mol. The number of hydrogen-bond acceptors (Lipinski definition) is 4. The quantitative estimate of drug-likeness (QED) is 0.393. The zero-order chi connectivity index (χ0) is 23.1. The van der Waals surface area contributed by atoms with Crippen LogP contribution in [0.4, 0.5) is 10.1 Å². The van der Waals surface area contributed by atoms with Crippen LogP contribution in [0.2, 0.25) is 0 Å². The van der Waals surface area contributed by atoms with Gasteiger partial charge in [-0.05, 0) is 49.8 Å². The van der Waals surface area contributed by atoms with E-state index in [1.54, 1.807) is 42.5 Å². The third-order valence-corrected chi connectivity index (χ3v) is 4.86. The van der Waals surface area contributed by atoms with Crippen molar-refractivity contribution in [3.05, 3.63) is 94.3 Å². The minimum atomic E-state index is -0.532. The fourth-order valence-corrected chi connectivity index (χ4v) is 3.10. The molecular weight excluding hydrogens is 407 g/mol. The van der Waals surface area contributed by atoms with Gasteiger partial charge < -0.3 is 14.8 Å². The standard InChI is InChI=1S/C26H23FN2O3/c1-17-8-11-24(18(2)12-17)29-26(30)21(15-28)13-19-9-10-22(31-3)14-25(19)32-16-20-6-4-5-7-23(20)27/h4-14H,16H2,1-3H3,(H,29,30)/b21-13+. The summed E-state index contributed by atoms with van der Waals surface area (Å²) in [5.74, 6) is -0.0167. The van der Waals surface area contributed by atoms with E-state index in [9.17, 15) is 14.4 Å². The summed E-state index contributed by atoms with van der Waals surface area (Å²) in [4.78, 5) is 12.7. The Bertz CT molecular complexity index is 1210. The highest BCUT2D eigenvalue weighted by atomic mass is 19.1. The third kappa shape index (κ3) is 5.52. The second-order valence-electron chi connectivity index (χ2n) is 7.23. The number of aryl methyl sites for hydroxylation is 2. The average molecular weight is 430 g/mol. The van der Waals surface area contributed by atoms with Crippen LogP contribution in [0.3, 0.4) is 0 Å². The highest BCUT2D eigenvalue weighted by Crippen LogP contribution is 2.28. The Morgan fingerprint density at radius 2 is 1.91 bits per heavy atom. The van der Waals surface area contributed by atoms with Gasteiger partial charge in [0.05, 0.1) is 7.11 Å². The fraction of sp³-hybridized carbons (Fsp3) is 0.154. The molecule has 1 amide bonds. The maximum absolute atomic E-state index is 14.0. The molecule has 0 fully saturated rings. The summed E-state index contributed by atoms with van der Waals surface area (Å²) >= 11 is 0. The van der Waals surface area contributed by atoms with E-state index in [0.29, 0.717) is 28.3 Å². The molecule has 162 valence electrons. The summed E-state index contributed by atoms with van der Waals surface area (Å²) in [6.07, 6.45) is 1.44. The van der Waals surface area contributed by atoms with Crippen LogP contribution in [0.5, 0.6) is 11.5 Å². The van der Waals surface area contributed by atoms with E-state index in [4.69, 9.17) is 9.47 Å². The Balaban J connectivity index is 1.88. The molecule has 6 heteroatoms. The van der Waals surface area contributed by atoms with Crippen LogP contribution in [0.25, 0.3) is 6.08 Å². The lowest BCUT2D eigenvalue weighted by Crippen LogP contribution is -2.14. The first kappa shape index (κ1) is 22.6. The van der Waals surface area contributed by atoms with Crippen molar-refractivity contribution in [2.45, 2.75) is 20.5 Å². The van der Waals surface area contributed by atoms with Crippen LogP contribution >= 0.6 is 0 Å². The minimum absolute atomic E-state index is 0.0165. The molecule has 0 radical (unpaired) electrons. The van der Waals surface area contributed by atoms with Crippen molar-refractivity contribution in [2.24, 2.45) is 0 Å². The number of halogens is 1. The predicted molar refractivity (Wildman–Crippen MR) is 122 cm³/mol. The minimum Gasteiger partial charge on any atom is -0.497 e. The summed E-state index contributed by atoms with van der Waals surface area (Å²) < 4.78 is 25.0. The molecule has 0 aliphatic heterocycles. The number of nitriles is 1. The predicted octanol–water partition coefficient (Wildman–Crippen LogP) is 5.58. The van der Waals surface area contributed by atoms with Crippen LogP contribution in [-0.4, -0.2) is 13.0 Å². The lowest BCUT2D eigenvalue weighted by molar-refractivity contribution is -0.112. The normalized spacial score (nSPS) is 10.9. The molecule has 3 rings (SSSR count). The number of hydrogen-bond donors (Lipinski definition) is 1. The smallest absolute Gasteiger partial charge is 0.266 e. The maximum atomic E-state index is 14.0. The molecule has 0 atom stereocenters. The number of nitrogens with zero attached hydrogens (tertiary/aromatic N) is 1. The van der Waals surface area contributed by atoms with E-state index in [1.165, 1.54) is 19.3 Å². The second-order valence-corrected chi connectivity index (χ2v) is 7.23. The SMILES string of the molecule is COc1ccc(/C=C(\C#N)C(=O)Nc2ccc(C)cc2C)c(OCc2ccccc2F)c1. The number of rotatable bonds is 7. The van der Waals surface area contributed by atoms with Crippen molar-refractivity contribution in [3.8, 4) is 17.6 Å². The molecule has 0 saturated carbocycles. The van der Waals surface area contributed by atoms with E-state index in [1.807, 2.05) is 32.0 Å². The Morgan fingerprint density at radius 3 is 2.59 bits per heavy atom. The van der Waals surface area contributed by atoms with Crippen LogP contribution in [0.1, 0.15) is 22.3 Å². The van der Waals surface area contributed by atoms with Crippen LogP contribution in [0.15, 0.2) is 66.2 Å². The fourth-order valence-electron chi connectivity index (χ4n) is 3.10. The first-order chi connectivity index (χ1) is 15.4. The molecular formula is C26H23FN2O3. The van der Waals surface area contributed by atoms with Crippen molar-refractivity contribution >= 4 is 17.7 Å². The van der Waals surface area contributed by atoms with Crippen molar-refractivity contribution in [2.75, 3.05) is 12.4 Å². The van der Waals surface area contributed by atoms with Crippen LogP contribution in [-0.2, 0) is 11.4 Å². The molecule has 0 aliphatic rings. The molecule has 0 unspecified atom stereocenters. The number of carbonyl (C=O) groups is 1. The Kier molecular flexibility index (Phi) is 7.25. The zero-order valence-electron chi connectivity index (χ0n) is 18.1. The van der Waals surface area contributed by atoms with Gasteiger partial charge in [0.15, 0.2) is 0 Å². The van der Waals surface area contributed by atoms with E-state index >= 15 is 0 Å². The summed E-state index contributed by atoms with van der Waals surface area (Å²) in [5.41, 5.74) is 3.40. The van der Waals surface area contributed by atoms with E-state index in [-0.39, 0.29) is 18.0 Å². The number of benzene rings is 3. The Morgan fingerprint density at radius 1 is 1.12 bits per heavy atom. The summed E-state index contributed by atoms with van der Waals surface area (Å²) in [6.45, 7) is 3.83. The van der Waals surface area contributed by atoms with Gasteiger partial charge in [0.25, 0.3) is 5.91 Å². The van der Waals surface area contributed by atoms with Gasteiger partial charge in [0.1, 0.15) is 35.6 Å². The van der Waals surface area contributed by atoms with E-state index < -0.39 is 5.91 Å². The number of nitrogens with one attached hydrogen (secondary N) is 1. The van der Waals surface area contributed by atoms with Gasteiger partial charge in [-0.2, -0.15) is 5.26 Å². The molecule has 1 N–H and O–H groups in total. The number of amides is 1. The lowest BCUT2D eigenvalue weighted by atomic mass is 10.1. The molecule has 32 heavy (non-hydrogen) atoms. The molecule has 5 nitrogen and oxygen atoms in total. The number of methoxy groups -OCH3 is 1. The van der Waals surface area contributed by atoms with Gasteiger partial charge >= 0.3 is 0 Å². The molecule has 0 heterocycles. The van der Waals surface area contributed by atoms with Gasteiger partial charge in [-0.1, -0.05) is 35.9 Å². The zero-order valence-corrected chi connectivity index (χ0v) is 18.1. The topological polar surface area (TPSA) is 71.3 Å². The van der Waals surface area contributed by atoms with E-state index in [2.05, 4.69) is 5.32 Å². The molecule has 0 spiro atoms. The van der Waals surface area contributed by atoms with Gasteiger partial charge in [0, 0.05) is 22.9 Å². The Hall–Kier alpha value is -4.11. The van der Waals surface area contributed by atoms with Crippen molar-refractivity contribution < 1.29 is 18.7 Å². The summed E-state index contributed by atoms with van der Waals surface area (Å²) in [7, 11) is 1.52. The second kappa shape index (κ2) is 10.3. The largest absolute Gasteiger partial charge is 0.497 e. The molecule has 0 saturated heterocycles. The average Bonchev–Trinajstić information content (AvgIpc) is 2.79. The molecule has 0 aromatic heterocycles. The molecule has 3 aromatic carbocycles. The first-order valence-electron chi connectivity index (χ1n) is 9.96. The van der Waals surface area contributed by atoms with Crippen LogP contribution in [0, 0.1) is 31.0 Å². The highest BCUT2D eigenvalue weighted by molar-refractivity contribution is 6.10. The molecule has 0 bridgehead atoms. The maximum Gasteiger partial charge on any atom is 0.266 e. The number of ether oxygens (including phenoxy) is 2. The van der Waals surface area contributed by atoms with Gasteiger partial charge in [-0.15, -0.1) is 0 Å². The molecule has 3 aromatic rings. The van der Waals surface area contributed by atoms with Gasteiger partial charge in [0.2, 0.25) is 0 Å². The number of carbonyl (C=O) groups excluding carboxylic acids is 1. The van der Waals surface area contributed by atoms with E-state index in [0.717, 1.165) is 11.1 Å². The first-order valence-corrected chi connectivity index (χ1v) is 9.96. The van der Waals surface area contributed by atoms with Gasteiger partial charge in [-0.25, -0.2) is 4.39 Å². The van der Waals surface area contributed by atoms with Crippen molar-refractivity contribution in [1.29, 1.82) is 5.26 Å². The summed E-state index contributed by atoms with van der Waals surface area (Å²) in [6, 6.07) is 18.9. The highest BCUT2D eigenvalue weighted by Gasteiger charge is 2.14. The van der Waals surface area contributed by atoms with Crippen molar-refractivity contribution in [1.82, 2.24) is 0 Å². The van der Waals surface area contributed by atoms with Gasteiger partial charge in [-0.3, -0.25) is 4.79 Å². The summed E-state index contributed by atoms with van der Waals surface area (Å²) in [5, 5.41) is 12.4. The van der Waals surface area contributed by atoms with Crippen LogP contribution < -0.4 is 14.8 Å². The third-order valence-electron chi connectivity index (χ3n) is 4.86. The molecule has 0 aliphatic carbocycles. The number of anilines is 1. The van der Waals surface area contributed by atoms with Crippen molar-refractivity contribution in [3.63, 3.8) is 0 Å².